The van der Waals surface area contributed by atoms with E-state index in [1.807, 2.05) is 7.11 Å². The first-order valence-electron chi connectivity index (χ1n) is 6.12. The number of rotatable bonds is 7. The summed E-state index contributed by atoms with van der Waals surface area (Å²) in [4.78, 5) is 0. The maximum absolute atomic E-state index is 5.68. The molecule has 2 nitrogen and oxygen atoms in total. The van der Waals surface area contributed by atoms with Crippen LogP contribution in [-0.2, 0) is 11.2 Å². The van der Waals surface area contributed by atoms with Crippen LogP contribution in [0.5, 0.6) is 0 Å². The number of ether oxygens (including phenoxy) is 1. The predicted octanol–water partition coefficient (Wildman–Crippen LogP) is 2.69. The minimum Gasteiger partial charge on any atom is -0.380 e. The van der Waals surface area contributed by atoms with E-state index >= 15 is 0 Å². The molecule has 0 spiro atoms. The van der Waals surface area contributed by atoms with Gasteiger partial charge in [-0.15, -0.1) is 0 Å². The summed E-state index contributed by atoms with van der Waals surface area (Å²) in [5.41, 5.74) is 1.43. The maximum Gasteiger partial charge on any atom is 0.0755 e. The molecule has 0 radical (unpaired) electrons. The molecule has 1 saturated carbocycles. The van der Waals surface area contributed by atoms with Gasteiger partial charge in [-0.05, 0) is 54.1 Å². The summed E-state index contributed by atoms with van der Waals surface area (Å²) >= 11 is 1.77. The van der Waals surface area contributed by atoms with Crippen molar-refractivity contribution in [3.8, 4) is 0 Å². The second kappa shape index (κ2) is 5.80. The van der Waals surface area contributed by atoms with Gasteiger partial charge in [0.05, 0.1) is 6.10 Å². The van der Waals surface area contributed by atoms with Crippen LogP contribution >= 0.6 is 11.3 Å². The molecule has 1 aliphatic carbocycles. The molecule has 2 atom stereocenters. The van der Waals surface area contributed by atoms with Crippen LogP contribution in [0.1, 0.15) is 25.3 Å². The third-order valence-electron chi connectivity index (χ3n) is 3.26. The van der Waals surface area contributed by atoms with E-state index in [2.05, 4.69) is 29.1 Å². The molecule has 90 valence electrons. The minimum absolute atomic E-state index is 0.389. The highest BCUT2D eigenvalue weighted by Crippen LogP contribution is 2.36. The SMILES string of the molecule is CCNC(Cc1ccsc1)C(OC)C1CC1. The third kappa shape index (κ3) is 3.06. The average Bonchev–Trinajstić information content (AvgIpc) is 2.97. The van der Waals surface area contributed by atoms with Crippen molar-refractivity contribution in [2.24, 2.45) is 5.92 Å². The topological polar surface area (TPSA) is 21.3 Å². The summed E-state index contributed by atoms with van der Waals surface area (Å²) < 4.78 is 5.68. The van der Waals surface area contributed by atoms with Crippen LogP contribution in [0.25, 0.3) is 0 Å². The first kappa shape index (κ1) is 12.1. The molecule has 0 saturated heterocycles. The van der Waals surface area contributed by atoms with Crippen LogP contribution in [0.4, 0.5) is 0 Å². The molecule has 16 heavy (non-hydrogen) atoms. The first-order chi connectivity index (χ1) is 7.85. The molecule has 1 N–H and O–H groups in total. The smallest absolute Gasteiger partial charge is 0.0755 e. The van der Waals surface area contributed by atoms with Gasteiger partial charge in [-0.1, -0.05) is 6.92 Å². The van der Waals surface area contributed by atoms with Gasteiger partial charge in [0, 0.05) is 13.2 Å². The van der Waals surface area contributed by atoms with Crippen LogP contribution in [0.2, 0.25) is 0 Å². The molecule has 1 aliphatic rings. The maximum atomic E-state index is 5.68. The van der Waals surface area contributed by atoms with Crippen molar-refractivity contribution >= 4 is 11.3 Å². The fourth-order valence-electron chi connectivity index (χ4n) is 2.34. The highest BCUT2D eigenvalue weighted by molar-refractivity contribution is 7.07. The van der Waals surface area contributed by atoms with Crippen molar-refractivity contribution in [1.29, 1.82) is 0 Å². The van der Waals surface area contributed by atoms with Crippen molar-refractivity contribution in [2.75, 3.05) is 13.7 Å². The molecule has 0 amide bonds. The van der Waals surface area contributed by atoms with Gasteiger partial charge in [-0.25, -0.2) is 0 Å². The largest absolute Gasteiger partial charge is 0.380 e. The van der Waals surface area contributed by atoms with Gasteiger partial charge in [-0.2, -0.15) is 11.3 Å². The van der Waals surface area contributed by atoms with Gasteiger partial charge in [0.1, 0.15) is 0 Å². The van der Waals surface area contributed by atoms with Crippen molar-refractivity contribution in [3.05, 3.63) is 22.4 Å². The second-order valence-corrected chi connectivity index (χ2v) is 5.32. The van der Waals surface area contributed by atoms with Gasteiger partial charge in [0.15, 0.2) is 0 Å². The van der Waals surface area contributed by atoms with Crippen LogP contribution in [0, 0.1) is 5.92 Å². The molecule has 0 aromatic carbocycles. The molecular formula is C13H21NOS. The van der Waals surface area contributed by atoms with E-state index < -0.39 is 0 Å². The summed E-state index contributed by atoms with van der Waals surface area (Å²) in [7, 11) is 1.85. The lowest BCUT2D eigenvalue weighted by atomic mass is 10.00. The molecule has 1 aromatic heterocycles. The van der Waals surface area contributed by atoms with Crippen molar-refractivity contribution in [2.45, 2.75) is 38.3 Å². The van der Waals surface area contributed by atoms with E-state index in [1.54, 1.807) is 11.3 Å². The summed E-state index contributed by atoms with van der Waals surface area (Å²) in [6.45, 7) is 3.18. The van der Waals surface area contributed by atoms with Gasteiger partial charge >= 0.3 is 0 Å². The zero-order valence-corrected chi connectivity index (χ0v) is 10.9. The fourth-order valence-corrected chi connectivity index (χ4v) is 3.02. The number of thiophene rings is 1. The number of nitrogens with one attached hydrogen (secondary N) is 1. The Balaban J connectivity index is 1.97. The summed E-state index contributed by atoms with van der Waals surface area (Å²) in [5, 5.41) is 7.96. The standard InChI is InChI=1S/C13H21NOS/c1-3-14-12(8-10-6-7-16-9-10)13(15-2)11-4-5-11/h6-7,9,11-14H,3-5,8H2,1-2H3. The Morgan fingerprint density at radius 3 is 2.88 bits per heavy atom. The lowest BCUT2D eigenvalue weighted by molar-refractivity contribution is 0.0516. The minimum atomic E-state index is 0.389. The number of likely N-dealkylation sites (N-methyl/N-ethyl adjacent to an activating group) is 1. The molecule has 1 aromatic rings. The van der Waals surface area contributed by atoms with Crippen molar-refractivity contribution in [3.63, 3.8) is 0 Å². The monoisotopic (exact) mass is 239 g/mol. The van der Waals surface area contributed by atoms with Gasteiger partial charge in [0.2, 0.25) is 0 Å². The van der Waals surface area contributed by atoms with E-state index in [9.17, 15) is 0 Å². The van der Waals surface area contributed by atoms with E-state index in [1.165, 1.54) is 18.4 Å². The van der Waals surface area contributed by atoms with Crippen molar-refractivity contribution < 1.29 is 4.74 Å². The molecular weight excluding hydrogens is 218 g/mol. The lowest BCUT2D eigenvalue weighted by Gasteiger charge is -2.26. The number of hydrogen-bond acceptors (Lipinski definition) is 3. The Morgan fingerprint density at radius 1 is 1.56 bits per heavy atom. The van der Waals surface area contributed by atoms with E-state index in [-0.39, 0.29) is 0 Å². The van der Waals surface area contributed by atoms with E-state index in [0.29, 0.717) is 12.1 Å². The molecule has 0 aliphatic heterocycles. The zero-order valence-electron chi connectivity index (χ0n) is 10.1. The van der Waals surface area contributed by atoms with Crippen LogP contribution in [0.15, 0.2) is 16.8 Å². The molecule has 2 unspecified atom stereocenters. The number of methoxy groups -OCH3 is 1. The lowest BCUT2D eigenvalue weighted by Crippen LogP contribution is -2.43. The third-order valence-corrected chi connectivity index (χ3v) is 3.99. The highest BCUT2D eigenvalue weighted by Gasteiger charge is 2.36. The Labute approximate surface area is 102 Å². The molecule has 3 heteroatoms. The quantitative estimate of drug-likeness (QED) is 0.790. The Morgan fingerprint density at radius 2 is 2.38 bits per heavy atom. The van der Waals surface area contributed by atoms with Gasteiger partial charge in [0.25, 0.3) is 0 Å². The van der Waals surface area contributed by atoms with Crippen LogP contribution in [-0.4, -0.2) is 25.8 Å². The average molecular weight is 239 g/mol. The van der Waals surface area contributed by atoms with E-state index in [4.69, 9.17) is 4.74 Å². The molecule has 2 rings (SSSR count). The summed E-state index contributed by atoms with van der Waals surface area (Å²) in [6, 6.07) is 2.69. The summed E-state index contributed by atoms with van der Waals surface area (Å²) in [6.07, 6.45) is 4.15. The first-order valence-corrected chi connectivity index (χ1v) is 7.06. The van der Waals surface area contributed by atoms with Crippen molar-refractivity contribution in [1.82, 2.24) is 5.32 Å². The molecule has 1 heterocycles. The fraction of sp³-hybridized carbons (Fsp3) is 0.692. The zero-order chi connectivity index (χ0) is 11.4. The Hall–Kier alpha value is -0.380. The normalized spacial score (nSPS) is 19.6. The van der Waals surface area contributed by atoms with Crippen LogP contribution in [0.3, 0.4) is 0 Å². The van der Waals surface area contributed by atoms with E-state index in [0.717, 1.165) is 18.9 Å². The Bertz CT molecular complexity index is 295. The van der Waals surface area contributed by atoms with Gasteiger partial charge < -0.3 is 10.1 Å². The molecule has 0 bridgehead atoms. The van der Waals surface area contributed by atoms with Crippen LogP contribution < -0.4 is 5.32 Å². The highest BCUT2D eigenvalue weighted by atomic mass is 32.1. The second-order valence-electron chi connectivity index (χ2n) is 4.54. The predicted molar refractivity (Wildman–Crippen MR) is 69.0 cm³/mol. The summed E-state index contributed by atoms with van der Waals surface area (Å²) in [5.74, 6) is 0.785. The Kier molecular flexibility index (Phi) is 4.38. The van der Waals surface area contributed by atoms with Gasteiger partial charge in [-0.3, -0.25) is 0 Å². The molecule has 1 fully saturated rings. The number of hydrogen-bond donors (Lipinski definition) is 1.